The zero-order chi connectivity index (χ0) is 18.0. The van der Waals surface area contributed by atoms with Crippen LogP contribution in [-0.4, -0.2) is 17.5 Å². The van der Waals surface area contributed by atoms with Crippen molar-refractivity contribution in [1.29, 1.82) is 0 Å². The van der Waals surface area contributed by atoms with Crippen LogP contribution < -0.4 is 0 Å². The van der Waals surface area contributed by atoms with Crippen LogP contribution in [0.4, 0.5) is 0 Å². The van der Waals surface area contributed by atoms with Gasteiger partial charge >= 0.3 is 0 Å². The molecule has 0 aliphatic carbocycles. The number of nitrogens with zero attached hydrogens (tertiary/aromatic N) is 1. The molecule has 1 fully saturated rings. The van der Waals surface area contributed by atoms with Crippen molar-refractivity contribution in [3.63, 3.8) is 0 Å². The van der Waals surface area contributed by atoms with Gasteiger partial charge in [-0.25, -0.2) is 0 Å². The van der Waals surface area contributed by atoms with Gasteiger partial charge in [-0.3, -0.25) is 4.90 Å². The smallest absolute Gasteiger partial charge is 0.0883 e. The van der Waals surface area contributed by atoms with Gasteiger partial charge in [0.2, 0.25) is 0 Å². The summed E-state index contributed by atoms with van der Waals surface area (Å²) in [5, 5.41) is 0.782. The molecule has 0 N–H and O–H groups in total. The summed E-state index contributed by atoms with van der Waals surface area (Å²) in [5.74, 6) is 0. The van der Waals surface area contributed by atoms with Gasteiger partial charge < -0.3 is 0 Å². The third-order valence-electron chi connectivity index (χ3n) is 5.34. The molecule has 1 aliphatic rings. The molecule has 26 heavy (non-hydrogen) atoms. The quantitative estimate of drug-likeness (QED) is 0.403. The van der Waals surface area contributed by atoms with Gasteiger partial charge in [0.15, 0.2) is 0 Å². The molecule has 3 aromatic rings. The molecule has 1 heterocycles. The molecule has 0 radical (unpaired) electrons. The molecule has 0 bridgehead atoms. The summed E-state index contributed by atoms with van der Waals surface area (Å²) in [6, 6.07) is 30.3. The van der Waals surface area contributed by atoms with Gasteiger partial charge in [0.05, 0.1) is 5.54 Å². The summed E-state index contributed by atoms with van der Waals surface area (Å²) >= 11 is 6.07. The first-order valence-electron chi connectivity index (χ1n) is 9.00. The molecule has 3 aromatic carbocycles. The van der Waals surface area contributed by atoms with Gasteiger partial charge in [-0.15, -0.1) is 6.58 Å². The largest absolute Gasteiger partial charge is 0.279 e. The van der Waals surface area contributed by atoms with Crippen molar-refractivity contribution in [1.82, 2.24) is 4.90 Å². The average Bonchev–Trinajstić information content (AvgIpc) is 3.32. The Morgan fingerprint density at radius 1 is 0.846 bits per heavy atom. The highest BCUT2D eigenvalue weighted by Crippen LogP contribution is 2.55. The van der Waals surface area contributed by atoms with Crippen LogP contribution in [-0.2, 0) is 12.0 Å². The summed E-state index contributed by atoms with van der Waals surface area (Å²) in [6.07, 6.45) is 2.98. The highest BCUT2D eigenvalue weighted by atomic mass is 35.5. The summed E-state index contributed by atoms with van der Waals surface area (Å²) in [6.45, 7) is 4.85. The minimum atomic E-state index is -0.101. The van der Waals surface area contributed by atoms with Crippen molar-refractivity contribution < 1.29 is 0 Å². The van der Waals surface area contributed by atoms with Crippen LogP contribution in [0, 0.1) is 0 Å². The van der Waals surface area contributed by atoms with Crippen LogP contribution in [0.2, 0.25) is 5.02 Å². The summed E-state index contributed by atoms with van der Waals surface area (Å²) in [4.78, 5) is 2.54. The van der Waals surface area contributed by atoms with E-state index in [1.54, 1.807) is 0 Å². The molecule has 1 aliphatic heterocycles. The SMILES string of the molecule is C=CCN1C(Cc2ccc(Cl)cc2)C1(c1ccccc1)c1ccccc1. The summed E-state index contributed by atoms with van der Waals surface area (Å²) in [5.41, 5.74) is 3.89. The minimum absolute atomic E-state index is 0.101. The van der Waals surface area contributed by atoms with Crippen LogP contribution in [0.1, 0.15) is 16.7 Å². The van der Waals surface area contributed by atoms with Crippen molar-refractivity contribution in [2.45, 2.75) is 18.0 Å². The Labute approximate surface area is 160 Å². The maximum Gasteiger partial charge on any atom is 0.0883 e. The van der Waals surface area contributed by atoms with Gasteiger partial charge in [-0.05, 0) is 35.2 Å². The molecule has 0 amide bonds. The molecule has 0 spiro atoms. The number of hydrogen-bond donors (Lipinski definition) is 0. The minimum Gasteiger partial charge on any atom is -0.279 e. The molecule has 2 unspecified atom stereocenters. The summed E-state index contributed by atoms with van der Waals surface area (Å²) in [7, 11) is 0. The molecule has 2 heteroatoms. The van der Waals surface area contributed by atoms with Crippen LogP contribution in [0.25, 0.3) is 0 Å². The van der Waals surface area contributed by atoms with E-state index in [2.05, 4.69) is 84.3 Å². The topological polar surface area (TPSA) is 3.01 Å². The maximum absolute atomic E-state index is 6.07. The lowest BCUT2D eigenvalue weighted by molar-refractivity contribution is 0.485. The third-order valence-corrected chi connectivity index (χ3v) is 5.59. The number of rotatable bonds is 6. The maximum atomic E-state index is 6.07. The Hall–Kier alpha value is -2.35. The average molecular weight is 360 g/mol. The lowest BCUT2D eigenvalue weighted by atomic mass is 9.85. The van der Waals surface area contributed by atoms with Gasteiger partial charge in [-0.1, -0.05) is 90.5 Å². The first-order valence-corrected chi connectivity index (χ1v) is 9.37. The second kappa shape index (κ2) is 7.11. The lowest BCUT2D eigenvalue weighted by Crippen LogP contribution is -2.19. The Kier molecular flexibility index (Phi) is 4.67. The van der Waals surface area contributed by atoms with E-state index in [-0.39, 0.29) is 5.54 Å². The zero-order valence-electron chi connectivity index (χ0n) is 14.7. The first-order chi connectivity index (χ1) is 12.8. The van der Waals surface area contributed by atoms with E-state index in [9.17, 15) is 0 Å². The van der Waals surface area contributed by atoms with Crippen LogP contribution >= 0.6 is 11.6 Å². The molecule has 1 nitrogen and oxygen atoms in total. The Morgan fingerprint density at radius 3 is 1.88 bits per heavy atom. The third kappa shape index (κ3) is 2.88. The second-order valence-corrected chi connectivity index (χ2v) is 7.22. The van der Waals surface area contributed by atoms with E-state index in [1.807, 2.05) is 18.2 Å². The molecule has 0 saturated carbocycles. The highest BCUT2D eigenvalue weighted by molar-refractivity contribution is 6.30. The van der Waals surface area contributed by atoms with Gasteiger partial charge in [0, 0.05) is 17.6 Å². The van der Waals surface area contributed by atoms with Crippen LogP contribution in [0.5, 0.6) is 0 Å². The normalized spacial score (nSPS) is 20.5. The van der Waals surface area contributed by atoms with E-state index in [0.717, 1.165) is 18.0 Å². The van der Waals surface area contributed by atoms with Crippen molar-refractivity contribution in [3.05, 3.63) is 119 Å². The van der Waals surface area contributed by atoms with E-state index in [0.29, 0.717) is 6.04 Å². The monoisotopic (exact) mass is 359 g/mol. The van der Waals surface area contributed by atoms with E-state index in [4.69, 9.17) is 11.6 Å². The molecule has 130 valence electrons. The van der Waals surface area contributed by atoms with Gasteiger partial charge in [0.25, 0.3) is 0 Å². The van der Waals surface area contributed by atoms with E-state index < -0.39 is 0 Å². The standard InChI is InChI=1S/C24H22ClN/c1-2-17-26-23(18-19-13-15-22(25)16-14-19)24(26,20-9-5-3-6-10-20)21-11-7-4-8-12-21/h2-16,23H,1,17-18H2. The van der Waals surface area contributed by atoms with Crippen LogP contribution in [0.3, 0.4) is 0 Å². The van der Waals surface area contributed by atoms with Crippen LogP contribution in [0.15, 0.2) is 97.6 Å². The molecule has 4 rings (SSSR count). The number of benzene rings is 3. The highest BCUT2D eigenvalue weighted by Gasteiger charge is 2.63. The van der Waals surface area contributed by atoms with Gasteiger partial charge in [0.1, 0.15) is 0 Å². The van der Waals surface area contributed by atoms with Crippen molar-refractivity contribution >= 4 is 11.6 Å². The lowest BCUT2D eigenvalue weighted by Gasteiger charge is -2.19. The predicted octanol–water partition coefficient (Wildman–Crippen LogP) is 5.70. The second-order valence-electron chi connectivity index (χ2n) is 6.79. The fourth-order valence-corrected chi connectivity index (χ4v) is 4.31. The Bertz CT molecular complexity index is 832. The molecule has 2 atom stereocenters. The van der Waals surface area contributed by atoms with Crippen molar-refractivity contribution in [2.24, 2.45) is 0 Å². The zero-order valence-corrected chi connectivity index (χ0v) is 15.4. The van der Waals surface area contributed by atoms with E-state index in [1.165, 1.54) is 16.7 Å². The number of halogens is 1. The summed E-state index contributed by atoms with van der Waals surface area (Å²) < 4.78 is 0. The molecular weight excluding hydrogens is 338 g/mol. The first kappa shape index (κ1) is 17.1. The molecule has 0 aromatic heterocycles. The van der Waals surface area contributed by atoms with Crippen molar-refractivity contribution in [3.8, 4) is 0 Å². The molecular formula is C24H22ClN. The van der Waals surface area contributed by atoms with Gasteiger partial charge in [-0.2, -0.15) is 0 Å². The predicted molar refractivity (Wildman–Crippen MR) is 110 cm³/mol. The van der Waals surface area contributed by atoms with Crippen molar-refractivity contribution in [2.75, 3.05) is 6.54 Å². The Balaban J connectivity index is 1.78. The van der Waals surface area contributed by atoms with E-state index >= 15 is 0 Å². The fourth-order valence-electron chi connectivity index (χ4n) is 4.18. The molecule has 1 saturated heterocycles. The number of hydrogen-bond acceptors (Lipinski definition) is 1. The fraction of sp³-hybridized carbons (Fsp3) is 0.167. The Morgan fingerprint density at radius 2 is 1.38 bits per heavy atom.